The van der Waals surface area contributed by atoms with Crippen LogP contribution < -0.4 is 0 Å². The van der Waals surface area contributed by atoms with Gasteiger partial charge < -0.3 is 0 Å². The Bertz CT molecular complexity index is 595. The summed E-state index contributed by atoms with van der Waals surface area (Å²) < 4.78 is 0. The molecule has 7 atom stereocenters. The molecule has 2 saturated carbocycles. The third-order valence-electron chi connectivity index (χ3n) is 9.85. The van der Waals surface area contributed by atoms with Gasteiger partial charge in [0.1, 0.15) is 0 Å². The third kappa shape index (κ3) is 3.28. The van der Waals surface area contributed by atoms with Crippen LogP contribution in [0.5, 0.6) is 0 Å². The van der Waals surface area contributed by atoms with Crippen LogP contribution in [0, 0.1) is 46.3 Å². The number of hydrogen-bond acceptors (Lipinski definition) is 0. The Hall–Kier alpha value is -0.520. The van der Waals surface area contributed by atoms with Gasteiger partial charge in [-0.1, -0.05) is 72.1 Å². The van der Waals surface area contributed by atoms with Crippen LogP contribution in [-0.2, 0) is 0 Å². The van der Waals surface area contributed by atoms with E-state index in [1.54, 1.807) is 5.57 Å². The lowest BCUT2D eigenvalue weighted by atomic mass is 9.47. The Labute approximate surface area is 169 Å². The van der Waals surface area contributed by atoms with E-state index in [1.807, 2.05) is 0 Å². The monoisotopic (exact) mass is 368 g/mol. The molecule has 0 radical (unpaired) electrons. The van der Waals surface area contributed by atoms with E-state index in [9.17, 15) is 0 Å². The topological polar surface area (TPSA) is 0 Å². The van der Waals surface area contributed by atoms with Crippen molar-refractivity contribution < 1.29 is 0 Å². The van der Waals surface area contributed by atoms with Gasteiger partial charge in [0.05, 0.1) is 0 Å². The van der Waals surface area contributed by atoms with Gasteiger partial charge in [-0.2, -0.15) is 0 Å². The van der Waals surface area contributed by atoms with Crippen LogP contribution in [0.1, 0.15) is 98.8 Å². The molecule has 0 aromatic heterocycles. The van der Waals surface area contributed by atoms with E-state index >= 15 is 0 Å². The zero-order valence-corrected chi connectivity index (χ0v) is 18.8. The second kappa shape index (κ2) is 7.38. The molecule has 4 aliphatic carbocycles. The highest BCUT2D eigenvalue weighted by molar-refractivity contribution is 5.34. The van der Waals surface area contributed by atoms with Crippen molar-refractivity contribution in [3.8, 4) is 0 Å². The summed E-state index contributed by atoms with van der Waals surface area (Å²) in [6.45, 7) is 12.7. The molecule has 0 bridgehead atoms. The Kier molecular flexibility index (Phi) is 5.41. The van der Waals surface area contributed by atoms with Gasteiger partial charge in [0.2, 0.25) is 0 Å². The fourth-order valence-corrected chi connectivity index (χ4v) is 8.32. The van der Waals surface area contributed by atoms with Crippen LogP contribution in [0.3, 0.4) is 0 Å². The first-order chi connectivity index (χ1) is 12.9. The second-order valence-electron chi connectivity index (χ2n) is 11.7. The smallest absolute Gasteiger partial charge is 0.00445 e. The SMILES string of the molecule is CC(C)CCC[C@H](C)[C@H]1CC[C@H]2[C@@H]3CC=C4C=CCC[C@]4(C)[C@H]3CC[C@]12C. The number of rotatable bonds is 5. The van der Waals surface area contributed by atoms with Crippen molar-refractivity contribution in [3.63, 3.8) is 0 Å². The average Bonchev–Trinajstić information content (AvgIpc) is 2.98. The summed E-state index contributed by atoms with van der Waals surface area (Å²) in [4.78, 5) is 0. The van der Waals surface area contributed by atoms with Gasteiger partial charge in [0.25, 0.3) is 0 Å². The lowest BCUT2D eigenvalue weighted by molar-refractivity contribution is -0.0451. The molecule has 2 fully saturated rings. The predicted molar refractivity (Wildman–Crippen MR) is 118 cm³/mol. The molecule has 0 saturated heterocycles. The highest BCUT2D eigenvalue weighted by Crippen LogP contribution is 2.66. The summed E-state index contributed by atoms with van der Waals surface area (Å²) in [5.74, 6) is 5.70. The minimum absolute atomic E-state index is 0.486. The molecule has 0 amide bonds. The van der Waals surface area contributed by atoms with Gasteiger partial charge in [0, 0.05) is 0 Å². The Morgan fingerprint density at radius 1 is 1.00 bits per heavy atom. The van der Waals surface area contributed by atoms with Crippen molar-refractivity contribution >= 4 is 0 Å². The first kappa shape index (κ1) is 19.8. The average molecular weight is 369 g/mol. The summed E-state index contributed by atoms with van der Waals surface area (Å²) >= 11 is 0. The summed E-state index contributed by atoms with van der Waals surface area (Å²) in [5, 5.41) is 0. The molecular weight excluding hydrogens is 324 g/mol. The van der Waals surface area contributed by atoms with Gasteiger partial charge in [-0.3, -0.25) is 0 Å². The van der Waals surface area contributed by atoms with E-state index < -0.39 is 0 Å². The standard InChI is InChI=1S/C27H44/c1-19(2)9-8-10-20(3)23-14-15-24-22-13-12-21-11-6-7-17-26(21,4)25(22)16-18-27(23,24)5/h6,11-12,19-20,22-25H,7-10,13-18H2,1-5H3/t20-,22-,23+,24-,25-,26-,27+/m0/s1. The predicted octanol–water partition coefficient (Wildman–Crippen LogP) is 8.19. The molecule has 0 unspecified atom stereocenters. The lowest BCUT2D eigenvalue weighted by Gasteiger charge is -2.57. The Morgan fingerprint density at radius 3 is 2.59 bits per heavy atom. The molecular formula is C27H44. The van der Waals surface area contributed by atoms with Crippen LogP contribution in [0.2, 0.25) is 0 Å². The van der Waals surface area contributed by atoms with Gasteiger partial charge in [-0.05, 0) is 96.9 Å². The summed E-state index contributed by atoms with van der Waals surface area (Å²) in [5.41, 5.74) is 2.81. The zero-order chi connectivity index (χ0) is 19.2. The highest BCUT2D eigenvalue weighted by atomic mass is 14.6. The van der Waals surface area contributed by atoms with E-state index in [-0.39, 0.29) is 0 Å². The number of allylic oxidation sites excluding steroid dienone is 4. The van der Waals surface area contributed by atoms with Crippen molar-refractivity contribution in [2.45, 2.75) is 98.8 Å². The van der Waals surface area contributed by atoms with E-state index in [2.05, 4.69) is 52.8 Å². The molecule has 0 aromatic rings. The van der Waals surface area contributed by atoms with Crippen LogP contribution >= 0.6 is 0 Å². The maximum atomic E-state index is 2.72. The largest absolute Gasteiger partial charge is 0.0842 e. The maximum absolute atomic E-state index is 2.72. The molecule has 4 rings (SSSR count). The first-order valence-corrected chi connectivity index (χ1v) is 12.2. The summed E-state index contributed by atoms with van der Waals surface area (Å²) in [7, 11) is 0. The Balaban J connectivity index is 1.50. The molecule has 0 N–H and O–H groups in total. The molecule has 0 aliphatic heterocycles. The van der Waals surface area contributed by atoms with Crippen molar-refractivity contribution in [1.82, 2.24) is 0 Å². The zero-order valence-electron chi connectivity index (χ0n) is 18.8. The van der Waals surface area contributed by atoms with Crippen molar-refractivity contribution in [3.05, 3.63) is 23.8 Å². The molecule has 0 heteroatoms. The van der Waals surface area contributed by atoms with E-state index in [0.29, 0.717) is 10.8 Å². The molecule has 152 valence electrons. The van der Waals surface area contributed by atoms with E-state index in [4.69, 9.17) is 0 Å². The van der Waals surface area contributed by atoms with E-state index in [1.165, 1.54) is 64.2 Å². The maximum Gasteiger partial charge on any atom is -0.00445 e. The fraction of sp³-hybridized carbons (Fsp3) is 0.852. The number of hydrogen-bond donors (Lipinski definition) is 0. The van der Waals surface area contributed by atoms with Gasteiger partial charge in [-0.25, -0.2) is 0 Å². The van der Waals surface area contributed by atoms with Gasteiger partial charge >= 0.3 is 0 Å². The van der Waals surface area contributed by atoms with Crippen LogP contribution in [-0.4, -0.2) is 0 Å². The minimum Gasteiger partial charge on any atom is -0.0842 e. The minimum atomic E-state index is 0.486. The third-order valence-corrected chi connectivity index (χ3v) is 9.85. The number of fused-ring (bicyclic) bond motifs is 5. The molecule has 0 spiro atoms. The van der Waals surface area contributed by atoms with Crippen molar-refractivity contribution in [1.29, 1.82) is 0 Å². The summed E-state index contributed by atoms with van der Waals surface area (Å²) in [6, 6.07) is 0. The Morgan fingerprint density at radius 2 is 1.81 bits per heavy atom. The molecule has 0 nitrogen and oxygen atoms in total. The van der Waals surface area contributed by atoms with Crippen molar-refractivity contribution in [2.24, 2.45) is 46.3 Å². The molecule has 27 heavy (non-hydrogen) atoms. The van der Waals surface area contributed by atoms with Crippen LogP contribution in [0.25, 0.3) is 0 Å². The fourth-order valence-electron chi connectivity index (χ4n) is 8.32. The van der Waals surface area contributed by atoms with E-state index in [0.717, 1.165) is 35.5 Å². The van der Waals surface area contributed by atoms with Gasteiger partial charge in [0.15, 0.2) is 0 Å². The summed E-state index contributed by atoms with van der Waals surface area (Å²) in [6.07, 6.45) is 22.0. The quantitative estimate of drug-likeness (QED) is 0.459. The second-order valence-corrected chi connectivity index (χ2v) is 11.7. The molecule has 0 heterocycles. The normalized spacial score (nSPS) is 44.4. The van der Waals surface area contributed by atoms with Crippen LogP contribution in [0.15, 0.2) is 23.8 Å². The molecule has 4 aliphatic rings. The van der Waals surface area contributed by atoms with Crippen LogP contribution in [0.4, 0.5) is 0 Å². The highest BCUT2D eigenvalue weighted by Gasteiger charge is 2.58. The molecule has 0 aromatic carbocycles. The van der Waals surface area contributed by atoms with Crippen molar-refractivity contribution in [2.75, 3.05) is 0 Å². The van der Waals surface area contributed by atoms with Gasteiger partial charge in [-0.15, -0.1) is 0 Å². The lowest BCUT2D eigenvalue weighted by Crippen LogP contribution is -2.49. The first-order valence-electron chi connectivity index (χ1n) is 12.2.